The van der Waals surface area contributed by atoms with Gasteiger partial charge in [-0.3, -0.25) is 9.59 Å². The van der Waals surface area contributed by atoms with Gasteiger partial charge >= 0.3 is 0 Å². The lowest BCUT2D eigenvalue weighted by Gasteiger charge is -2.19. The van der Waals surface area contributed by atoms with E-state index in [1.54, 1.807) is 4.90 Å². The van der Waals surface area contributed by atoms with E-state index < -0.39 is 0 Å². The third kappa shape index (κ3) is 3.95. The van der Waals surface area contributed by atoms with Crippen LogP contribution in [0, 0.1) is 26.7 Å². The van der Waals surface area contributed by atoms with Crippen LogP contribution < -0.4 is 15.1 Å². The van der Waals surface area contributed by atoms with Crippen LogP contribution in [-0.2, 0) is 9.59 Å². The van der Waals surface area contributed by atoms with Crippen molar-refractivity contribution in [1.82, 2.24) is 9.97 Å². The highest BCUT2D eigenvalue weighted by Crippen LogP contribution is 2.28. The van der Waals surface area contributed by atoms with E-state index in [2.05, 4.69) is 20.2 Å². The Labute approximate surface area is 171 Å². The fourth-order valence-corrected chi connectivity index (χ4v) is 4.02. The monoisotopic (exact) mass is 393 g/mol. The highest BCUT2D eigenvalue weighted by Gasteiger charge is 2.35. The molecule has 2 amide bonds. The van der Waals surface area contributed by atoms with Crippen LogP contribution in [0.1, 0.15) is 36.2 Å². The van der Waals surface area contributed by atoms with Crippen molar-refractivity contribution in [2.45, 2.75) is 40.0 Å². The quantitative estimate of drug-likeness (QED) is 0.864. The molecule has 0 spiro atoms. The normalized spacial score (nSPS) is 19.1. The summed E-state index contributed by atoms with van der Waals surface area (Å²) in [5.74, 6) is 0.165. The molecule has 1 N–H and O–H groups in total. The summed E-state index contributed by atoms with van der Waals surface area (Å²) in [5, 5.41) is 2.98. The second-order valence-corrected chi connectivity index (χ2v) is 7.99. The van der Waals surface area contributed by atoms with Crippen LogP contribution in [0.2, 0.25) is 0 Å². The molecule has 1 aromatic carbocycles. The average Bonchev–Trinajstić information content (AvgIpc) is 3.35. The molecule has 0 bridgehead atoms. The molecule has 3 heterocycles. The van der Waals surface area contributed by atoms with E-state index in [-0.39, 0.29) is 24.2 Å². The summed E-state index contributed by atoms with van der Waals surface area (Å²) in [7, 11) is 0. The molecule has 2 aromatic rings. The van der Waals surface area contributed by atoms with Gasteiger partial charge < -0.3 is 15.1 Å². The van der Waals surface area contributed by atoms with Crippen molar-refractivity contribution in [1.29, 1.82) is 0 Å². The highest BCUT2D eigenvalue weighted by atomic mass is 16.2. The van der Waals surface area contributed by atoms with Gasteiger partial charge in [-0.05, 0) is 45.7 Å². The number of anilines is 3. The molecule has 2 aliphatic rings. The second kappa shape index (κ2) is 7.81. The molecule has 1 aromatic heterocycles. The number of nitrogens with one attached hydrogen (secondary N) is 1. The average molecular weight is 393 g/mol. The third-order valence-electron chi connectivity index (χ3n) is 5.74. The molecular formula is C22H27N5O2. The van der Waals surface area contributed by atoms with Crippen molar-refractivity contribution in [3.05, 3.63) is 41.2 Å². The number of aryl methyl sites for hydroxylation is 3. The zero-order valence-electron chi connectivity index (χ0n) is 17.2. The van der Waals surface area contributed by atoms with E-state index in [1.807, 2.05) is 45.0 Å². The molecule has 29 heavy (non-hydrogen) atoms. The van der Waals surface area contributed by atoms with Gasteiger partial charge in [-0.2, -0.15) is 0 Å². The van der Waals surface area contributed by atoms with E-state index in [9.17, 15) is 9.59 Å². The first-order chi connectivity index (χ1) is 13.9. The Kier molecular flexibility index (Phi) is 5.22. The number of hydrogen-bond acceptors (Lipinski definition) is 5. The second-order valence-electron chi connectivity index (χ2n) is 7.99. The van der Waals surface area contributed by atoms with Crippen molar-refractivity contribution in [3.63, 3.8) is 0 Å². The van der Waals surface area contributed by atoms with Gasteiger partial charge in [-0.1, -0.05) is 17.7 Å². The summed E-state index contributed by atoms with van der Waals surface area (Å²) in [5.41, 5.74) is 4.14. The lowest BCUT2D eigenvalue weighted by molar-refractivity contribution is -0.122. The first-order valence-corrected chi connectivity index (χ1v) is 10.2. The number of hydrogen-bond donors (Lipinski definition) is 1. The van der Waals surface area contributed by atoms with E-state index in [1.165, 1.54) is 0 Å². The molecule has 1 atom stereocenters. The molecule has 2 aliphatic heterocycles. The number of nitrogens with zero attached hydrogens (tertiary/aromatic N) is 4. The Bertz CT molecular complexity index is 912. The number of rotatable bonds is 4. The first kappa shape index (κ1) is 19.4. The van der Waals surface area contributed by atoms with E-state index in [4.69, 9.17) is 0 Å². The fourth-order valence-electron chi connectivity index (χ4n) is 4.02. The number of aromatic nitrogens is 2. The van der Waals surface area contributed by atoms with Crippen LogP contribution in [0.3, 0.4) is 0 Å². The van der Waals surface area contributed by atoms with Gasteiger partial charge in [0.05, 0.1) is 23.0 Å². The Morgan fingerprint density at radius 1 is 1.03 bits per heavy atom. The maximum absolute atomic E-state index is 12.9. The maximum atomic E-state index is 12.9. The van der Waals surface area contributed by atoms with Crippen LogP contribution in [0.15, 0.2) is 24.3 Å². The Morgan fingerprint density at radius 2 is 1.66 bits per heavy atom. The Hall–Kier alpha value is -2.96. The number of amides is 2. The highest BCUT2D eigenvalue weighted by molar-refractivity contribution is 6.03. The molecule has 0 saturated carbocycles. The zero-order chi connectivity index (χ0) is 20.5. The Balaban J connectivity index is 1.47. The molecule has 4 rings (SSSR count). The van der Waals surface area contributed by atoms with Gasteiger partial charge in [-0.15, -0.1) is 0 Å². The zero-order valence-corrected chi connectivity index (χ0v) is 17.2. The predicted octanol–water partition coefficient (Wildman–Crippen LogP) is 2.99. The minimum Gasteiger partial charge on any atom is -0.341 e. The lowest BCUT2D eigenvalue weighted by Crippen LogP contribution is -2.29. The third-order valence-corrected chi connectivity index (χ3v) is 5.74. The number of carbonyl (C=O) groups excluding carboxylic acids is 2. The minimum atomic E-state index is -0.388. The van der Waals surface area contributed by atoms with Gasteiger partial charge in [0.2, 0.25) is 17.8 Å². The van der Waals surface area contributed by atoms with Gasteiger partial charge in [0.1, 0.15) is 0 Å². The van der Waals surface area contributed by atoms with Crippen molar-refractivity contribution in [2.24, 2.45) is 5.92 Å². The fraction of sp³-hybridized carbons (Fsp3) is 0.455. The van der Waals surface area contributed by atoms with Gasteiger partial charge in [0.25, 0.3) is 0 Å². The predicted molar refractivity (Wildman–Crippen MR) is 113 cm³/mol. The minimum absolute atomic E-state index is 0.0249. The summed E-state index contributed by atoms with van der Waals surface area (Å²) in [6, 6.07) is 7.80. The van der Waals surface area contributed by atoms with Gasteiger partial charge in [0, 0.05) is 31.7 Å². The smallest absolute Gasteiger partial charge is 0.229 e. The van der Waals surface area contributed by atoms with E-state index >= 15 is 0 Å². The first-order valence-electron chi connectivity index (χ1n) is 10.2. The van der Waals surface area contributed by atoms with Crippen molar-refractivity contribution in [2.75, 3.05) is 34.8 Å². The van der Waals surface area contributed by atoms with E-state index in [0.717, 1.165) is 54.5 Å². The molecule has 152 valence electrons. The lowest BCUT2D eigenvalue weighted by atomic mass is 10.1. The molecule has 0 radical (unpaired) electrons. The molecule has 7 heteroatoms. The Morgan fingerprint density at radius 3 is 2.28 bits per heavy atom. The largest absolute Gasteiger partial charge is 0.341 e. The number of benzene rings is 1. The molecule has 7 nitrogen and oxygen atoms in total. The SMILES string of the molecule is Cc1ccc(N2CC(C(=O)Nc3c(C)nc(N4CCCC4)nc3C)CC2=O)cc1. The summed E-state index contributed by atoms with van der Waals surface area (Å²) >= 11 is 0. The van der Waals surface area contributed by atoms with Gasteiger partial charge in [-0.25, -0.2) is 9.97 Å². The maximum Gasteiger partial charge on any atom is 0.229 e. The topological polar surface area (TPSA) is 78.4 Å². The van der Waals surface area contributed by atoms with Crippen LogP contribution in [0.25, 0.3) is 0 Å². The molecule has 2 fully saturated rings. The molecule has 1 unspecified atom stereocenters. The van der Waals surface area contributed by atoms with Gasteiger partial charge in [0.15, 0.2) is 0 Å². The van der Waals surface area contributed by atoms with Crippen LogP contribution in [0.5, 0.6) is 0 Å². The van der Waals surface area contributed by atoms with Crippen LogP contribution >= 0.6 is 0 Å². The molecule has 2 saturated heterocycles. The van der Waals surface area contributed by atoms with E-state index in [0.29, 0.717) is 12.2 Å². The molecule has 0 aliphatic carbocycles. The summed E-state index contributed by atoms with van der Waals surface area (Å²) in [6.07, 6.45) is 2.53. The van der Waals surface area contributed by atoms with Crippen molar-refractivity contribution >= 4 is 29.1 Å². The van der Waals surface area contributed by atoms with Crippen LogP contribution in [0.4, 0.5) is 17.3 Å². The van der Waals surface area contributed by atoms with Crippen molar-refractivity contribution in [3.8, 4) is 0 Å². The summed E-state index contributed by atoms with van der Waals surface area (Å²) in [6.45, 7) is 8.13. The summed E-state index contributed by atoms with van der Waals surface area (Å²) in [4.78, 5) is 38.4. The summed E-state index contributed by atoms with van der Waals surface area (Å²) < 4.78 is 0. The van der Waals surface area contributed by atoms with Crippen molar-refractivity contribution < 1.29 is 9.59 Å². The molecular weight excluding hydrogens is 366 g/mol. The van der Waals surface area contributed by atoms with Crippen LogP contribution in [-0.4, -0.2) is 41.4 Å². The number of carbonyl (C=O) groups is 2. The standard InChI is InChI=1S/C22H27N5O2/c1-14-6-8-18(9-7-14)27-13-17(12-19(27)28)21(29)25-20-15(2)23-22(24-16(20)3)26-10-4-5-11-26/h6-9,17H,4-5,10-13H2,1-3H3,(H,25,29).